The molecule has 0 fully saturated rings. The summed E-state index contributed by atoms with van der Waals surface area (Å²) in [4.78, 5) is 22.3. The monoisotopic (exact) mass is 472 g/mol. The molecule has 0 saturated heterocycles. The SMILES string of the molecule is N=C(SCCNc1c(N)c(=O)c1=O)C(=N\O)/C(=N/O)Nc1ccc(F)c(Br)c1. The van der Waals surface area contributed by atoms with Gasteiger partial charge in [-0.2, -0.15) is 0 Å². The van der Waals surface area contributed by atoms with E-state index < -0.39 is 16.7 Å². The molecule has 0 bridgehead atoms. The average Bonchev–Trinajstić information content (AvgIpc) is 2.69. The standard InChI is InChI=1S/C15H14BrFN6O4S/c16-7-5-6(1-2-8(7)17)21-15(23-27)11(22-26)14(19)28-4-3-20-10-9(18)12(24)13(10)25/h1-2,5,19-20,26-27H,3-4,18H2,(H,21,23)/b19-14?,22-11+. The van der Waals surface area contributed by atoms with Crippen molar-refractivity contribution in [3.63, 3.8) is 0 Å². The minimum Gasteiger partial charge on any atom is -0.410 e. The predicted molar refractivity (Wildman–Crippen MR) is 111 cm³/mol. The van der Waals surface area contributed by atoms with E-state index in [-0.39, 0.29) is 44.7 Å². The van der Waals surface area contributed by atoms with Crippen LogP contribution in [0, 0.1) is 11.2 Å². The van der Waals surface area contributed by atoms with Crippen LogP contribution in [0.15, 0.2) is 42.6 Å². The Kier molecular flexibility index (Phi) is 7.12. The molecule has 0 saturated carbocycles. The van der Waals surface area contributed by atoms with Crippen LogP contribution in [0.1, 0.15) is 0 Å². The first-order valence-electron chi connectivity index (χ1n) is 7.51. The van der Waals surface area contributed by atoms with Gasteiger partial charge in [0.25, 0.3) is 10.9 Å². The van der Waals surface area contributed by atoms with Gasteiger partial charge in [-0.15, -0.1) is 11.8 Å². The highest BCUT2D eigenvalue weighted by atomic mass is 79.9. The topological polar surface area (TPSA) is 173 Å². The summed E-state index contributed by atoms with van der Waals surface area (Å²) >= 11 is 3.93. The molecule has 0 spiro atoms. The van der Waals surface area contributed by atoms with Crippen LogP contribution in [-0.2, 0) is 0 Å². The summed E-state index contributed by atoms with van der Waals surface area (Å²) in [6.07, 6.45) is 0. The molecule has 10 nitrogen and oxygen atoms in total. The number of hydrogen-bond acceptors (Lipinski definition) is 10. The van der Waals surface area contributed by atoms with Gasteiger partial charge in [-0.3, -0.25) is 15.0 Å². The molecular formula is C15H14BrFN6O4S. The number of halogens is 2. The second-order valence-corrected chi connectivity index (χ2v) is 7.16. The fourth-order valence-electron chi connectivity index (χ4n) is 2.02. The Morgan fingerprint density at radius 2 is 2.00 bits per heavy atom. The molecule has 0 amide bonds. The lowest BCUT2D eigenvalue weighted by atomic mass is 10.2. The highest BCUT2D eigenvalue weighted by Crippen LogP contribution is 2.20. The summed E-state index contributed by atoms with van der Waals surface area (Å²) in [5.41, 5.74) is 3.82. The Hall–Kier alpha value is -2.93. The largest absolute Gasteiger partial charge is 0.410 e. The Morgan fingerprint density at radius 3 is 2.57 bits per heavy atom. The Morgan fingerprint density at radius 1 is 1.29 bits per heavy atom. The third-order valence-electron chi connectivity index (χ3n) is 3.42. The quantitative estimate of drug-likeness (QED) is 0.0879. The van der Waals surface area contributed by atoms with Gasteiger partial charge in [0.05, 0.1) is 4.47 Å². The van der Waals surface area contributed by atoms with Crippen LogP contribution in [0.4, 0.5) is 21.5 Å². The Bertz CT molecular complexity index is 1030. The zero-order valence-corrected chi connectivity index (χ0v) is 16.4. The van der Waals surface area contributed by atoms with Crippen molar-refractivity contribution < 1.29 is 14.8 Å². The van der Waals surface area contributed by atoms with Gasteiger partial charge in [-0.05, 0) is 34.1 Å². The molecule has 0 radical (unpaired) electrons. The maximum Gasteiger partial charge on any atom is 0.253 e. The minimum atomic E-state index is -0.736. The van der Waals surface area contributed by atoms with Gasteiger partial charge < -0.3 is 26.8 Å². The first kappa shape index (κ1) is 21.4. The first-order valence-corrected chi connectivity index (χ1v) is 9.29. The smallest absolute Gasteiger partial charge is 0.253 e. The average molecular weight is 473 g/mol. The van der Waals surface area contributed by atoms with E-state index in [1.54, 1.807) is 0 Å². The normalized spacial score (nSPS) is 12.2. The van der Waals surface area contributed by atoms with Gasteiger partial charge in [0.2, 0.25) is 5.84 Å². The summed E-state index contributed by atoms with van der Waals surface area (Å²) < 4.78 is 13.4. The van der Waals surface area contributed by atoms with Crippen molar-refractivity contribution in [3.8, 4) is 0 Å². The van der Waals surface area contributed by atoms with Crippen LogP contribution >= 0.6 is 27.7 Å². The van der Waals surface area contributed by atoms with Crippen LogP contribution in [0.3, 0.4) is 0 Å². The van der Waals surface area contributed by atoms with Crippen molar-refractivity contribution in [3.05, 3.63) is 48.9 Å². The molecule has 2 rings (SSSR count). The number of nitrogens with zero attached hydrogens (tertiary/aromatic N) is 2. The number of thioether (sulfide) groups is 1. The second-order valence-electron chi connectivity index (χ2n) is 5.20. The lowest BCUT2D eigenvalue weighted by Crippen LogP contribution is -2.37. The number of nitrogens with one attached hydrogen (secondary N) is 3. The predicted octanol–water partition coefficient (Wildman–Crippen LogP) is 1.62. The molecule has 2 aromatic rings. The molecule has 28 heavy (non-hydrogen) atoms. The Labute approximate surface area is 169 Å². The summed E-state index contributed by atoms with van der Waals surface area (Å²) in [5.74, 6) is -0.586. The number of anilines is 3. The number of benzene rings is 1. The van der Waals surface area contributed by atoms with Gasteiger partial charge in [0.15, 0.2) is 5.71 Å². The van der Waals surface area contributed by atoms with E-state index in [4.69, 9.17) is 16.4 Å². The molecule has 0 atom stereocenters. The fourth-order valence-corrected chi connectivity index (χ4v) is 3.09. The van der Waals surface area contributed by atoms with Gasteiger partial charge in [-0.1, -0.05) is 10.3 Å². The van der Waals surface area contributed by atoms with E-state index in [2.05, 4.69) is 36.9 Å². The molecule has 7 N–H and O–H groups in total. The number of amidine groups is 1. The highest BCUT2D eigenvalue weighted by Gasteiger charge is 2.19. The van der Waals surface area contributed by atoms with Crippen molar-refractivity contribution in [1.29, 1.82) is 5.41 Å². The second kappa shape index (κ2) is 9.32. The van der Waals surface area contributed by atoms with Gasteiger partial charge in [0.1, 0.15) is 22.2 Å². The molecule has 0 aromatic heterocycles. The molecule has 0 aliphatic rings. The minimum absolute atomic E-state index is 0.0364. The van der Waals surface area contributed by atoms with Crippen LogP contribution in [0.5, 0.6) is 0 Å². The number of hydrogen-bond donors (Lipinski definition) is 6. The van der Waals surface area contributed by atoms with Crippen LogP contribution in [-0.4, -0.2) is 39.3 Å². The van der Waals surface area contributed by atoms with Gasteiger partial charge in [0, 0.05) is 18.0 Å². The zero-order valence-electron chi connectivity index (χ0n) is 14.0. The summed E-state index contributed by atoms with van der Waals surface area (Å²) in [5, 5.41) is 37.3. The van der Waals surface area contributed by atoms with E-state index in [9.17, 15) is 19.2 Å². The zero-order chi connectivity index (χ0) is 20.8. The molecule has 0 unspecified atom stereocenters. The summed E-state index contributed by atoms with van der Waals surface area (Å²) in [7, 11) is 0. The first-order chi connectivity index (χ1) is 13.3. The van der Waals surface area contributed by atoms with Crippen molar-refractivity contribution in [2.75, 3.05) is 28.7 Å². The fraction of sp³-hybridized carbons (Fsp3) is 0.133. The molecule has 0 heterocycles. The third kappa shape index (κ3) is 4.67. The summed E-state index contributed by atoms with van der Waals surface area (Å²) in [6, 6.07) is 3.89. The van der Waals surface area contributed by atoms with Crippen molar-refractivity contribution in [2.24, 2.45) is 10.3 Å². The van der Waals surface area contributed by atoms with Crippen molar-refractivity contribution >= 4 is 61.3 Å². The van der Waals surface area contributed by atoms with Crippen molar-refractivity contribution in [2.45, 2.75) is 0 Å². The number of nitrogen functional groups attached to an aromatic ring is 1. The number of rotatable bonds is 7. The number of nitrogens with two attached hydrogens (primary N) is 1. The molecule has 148 valence electrons. The van der Waals surface area contributed by atoms with E-state index in [1.807, 2.05) is 0 Å². The van der Waals surface area contributed by atoms with Gasteiger partial charge in [-0.25, -0.2) is 4.39 Å². The van der Waals surface area contributed by atoms with Gasteiger partial charge >= 0.3 is 0 Å². The lowest BCUT2D eigenvalue weighted by Gasteiger charge is -2.12. The highest BCUT2D eigenvalue weighted by molar-refractivity contribution is 9.10. The van der Waals surface area contributed by atoms with E-state index >= 15 is 0 Å². The molecule has 2 aromatic carbocycles. The molecule has 13 heteroatoms. The van der Waals surface area contributed by atoms with E-state index in [0.29, 0.717) is 5.69 Å². The molecule has 0 aliphatic heterocycles. The maximum absolute atomic E-state index is 13.3. The van der Waals surface area contributed by atoms with Crippen LogP contribution < -0.4 is 27.2 Å². The maximum atomic E-state index is 13.3. The molecular weight excluding hydrogens is 459 g/mol. The molecule has 0 aliphatic carbocycles. The van der Waals surface area contributed by atoms with Crippen LogP contribution in [0.2, 0.25) is 0 Å². The van der Waals surface area contributed by atoms with Crippen LogP contribution in [0.25, 0.3) is 0 Å². The number of oxime groups is 2. The summed E-state index contributed by atoms with van der Waals surface area (Å²) in [6.45, 7) is 0.199. The van der Waals surface area contributed by atoms with Crippen molar-refractivity contribution in [1.82, 2.24) is 0 Å². The third-order valence-corrected chi connectivity index (χ3v) is 4.92. The van der Waals surface area contributed by atoms with E-state index in [0.717, 1.165) is 17.8 Å². The lowest BCUT2D eigenvalue weighted by molar-refractivity contribution is 0.315. The van der Waals surface area contributed by atoms with E-state index in [1.165, 1.54) is 12.1 Å². The Balaban J connectivity index is 1.94.